The molecule has 1 aromatic heterocycles. The molecule has 6 nitrogen and oxygen atoms in total. The number of aromatic nitrogens is 1. The van der Waals surface area contributed by atoms with Crippen molar-refractivity contribution in [3.05, 3.63) is 80.5 Å². The lowest BCUT2D eigenvalue weighted by Gasteiger charge is -2.19. The lowest BCUT2D eigenvalue weighted by molar-refractivity contribution is -0.384. The number of benzene rings is 2. The molecule has 0 fully saturated rings. The number of nitrogens with zero attached hydrogens (tertiary/aromatic N) is 3. The Morgan fingerprint density at radius 2 is 1.96 bits per heavy atom. The second-order valence-electron chi connectivity index (χ2n) is 6.02. The summed E-state index contributed by atoms with van der Waals surface area (Å²) in [6, 6.07) is 13.4. The van der Waals surface area contributed by atoms with E-state index in [4.69, 9.17) is 11.6 Å². The van der Waals surface area contributed by atoms with Crippen molar-refractivity contribution in [2.75, 3.05) is 7.05 Å². The minimum atomic E-state index is -0.485. The van der Waals surface area contributed by atoms with Gasteiger partial charge in [0.05, 0.1) is 16.0 Å². The molecule has 26 heavy (non-hydrogen) atoms. The van der Waals surface area contributed by atoms with Crippen LogP contribution in [-0.2, 0) is 6.54 Å². The highest BCUT2D eigenvalue weighted by Gasteiger charge is 2.18. The molecule has 3 aromatic rings. The van der Waals surface area contributed by atoms with Crippen molar-refractivity contribution in [3.8, 4) is 0 Å². The third-order valence-electron chi connectivity index (χ3n) is 4.07. The SMILES string of the molecule is Cc1cc(C(=O)N(C)Cc2cc([N+](=O)[O-])ccc2Cl)c2ccccc2n1. The number of para-hydroxylation sites is 1. The van der Waals surface area contributed by atoms with Gasteiger partial charge in [-0.15, -0.1) is 0 Å². The third-order valence-corrected chi connectivity index (χ3v) is 4.44. The van der Waals surface area contributed by atoms with E-state index in [9.17, 15) is 14.9 Å². The normalized spacial score (nSPS) is 10.7. The van der Waals surface area contributed by atoms with Gasteiger partial charge in [0.25, 0.3) is 11.6 Å². The van der Waals surface area contributed by atoms with Gasteiger partial charge in [-0.05, 0) is 30.7 Å². The highest BCUT2D eigenvalue weighted by Crippen LogP contribution is 2.25. The topological polar surface area (TPSA) is 76.3 Å². The number of hydrogen-bond donors (Lipinski definition) is 0. The fourth-order valence-electron chi connectivity index (χ4n) is 2.81. The molecule has 0 spiro atoms. The highest BCUT2D eigenvalue weighted by atomic mass is 35.5. The minimum absolute atomic E-state index is 0.0598. The molecular formula is C19H16ClN3O3. The van der Waals surface area contributed by atoms with E-state index in [1.807, 2.05) is 31.2 Å². The molecule has 0 aliphatic carbocycles. The molecule has 0 aliphatic heterocycles. The van der Waals surface area contributed by atoms with Crippen LogP contribution in [-0.4, -0.2) is 27.8 Å². The number of fused-ring (bicyclic) bond motifs is 1. The van der Waals surface area contributed by atoms with E-state index < -0.39 is 4.92 Å². The van der Waals surface area contributed by atoms with Crippen LogP contribution in [0.15, 0.2) is 48.5 Å². The van der Waals surface area contributed by atoms with Gasteiger partial charge in [0.2, 0.25) is 0 Å². The fraction of sp³-hybridized carbons (Fsp3) is 0.158. The predicted molar refractivity (Wildman–Crippen MR) is 100 cm³/mol. The van der Waals surface area contributed by atoms with Crippen molar-refractivity contribution in [1.29, 1.82) is 0 Å². The van der Waals surface area contributed by atoms with Crippen molar-refractivity contribution in [1.82, 2.24) is 9.88 Å². The van der Waals surface area contributed by atoms with Crippen LogP contribution in [0.2, 0.25) is 5.02 Å². The van der Waals surface area contributed by atoms with E-state index in [1.165, 1.54) is 23.1 Å². The van der Waals surface area contributed by atoms with E-state index in [0.717, 1.165) is 16.6 Å². The standard InChI is InChI=1S/C19H16ClN3O3/c1-12-9-16(15-5-3-4-6-18(15)21-12)19(24)22(2)11-13-10-14(23(25)26)7-8-17(13)20/h3-10H,11H2,1-2H3. The smallest absolute Gasteiger partial charge is 0.269 e. The summed E-state index contributed by atoms with van der Waals surface area (Å²) < 4.78 is 0. The average Bonchev–Trinajstić information content (AvgIpc) is 2.61. The highest BCUT2D eigenvalue weighted by molar-refractivity contribution is 6.31. The van der Waals surface area contributed by atoms with E-state index in [2.05, 4.69) is 4.98 Å². The summed E-state index contributed by atoms with van der Waals surface area (Å²) in [4.78, 5) is 29.4. The van der Waals surface area contributed by atoms with Gasteiger partial charge >= 0.3 is 0 Å². The molecule has 7 heteroatoms. The number of nitro groups is 1. The Morgan fingerprint density at radius 3 is 2.69 bits per heavy atom. The first-order chi connectivity index (χ1) is 12.4. The zero-order chi connectivity index (χ0) is 18.8. The van der Waals surface area contributed by atoms with Gasteiger partial charge in [0, 0.05) is 41.8 Å². The molecule has 0 bridgehead atoms. The molecule has 0 atom stereocenters. The molecule has 0 N–H and O–H groups in total. The number of hydrogen-bond acceptors (Lipinski definition) is 4. The Labute approximate surface area is 155 Å². The maximum atomic E-state index is 13.0. The summed E-state index contributed by atoms with van der Waals surface area (Å²) in [6.07, 6.45) is 0. The zero-order valence-corrected chi connectivity index (χ0v) is 15.0. The Hall–Kier alpha value is -2.99. The Bertz CT molecular complexity index is 1020. The summed E-state index contributed by atoms with van der Waals surface area (Å²) in [5, 5.41) is 12.1. The van der Waals surface area contributed by atoms with Crippen LogP contribution in [0.1, 0.15) is 21.6 Å². The summed E-state index contributed by atoms with van der Waals surface area (Å²) >= 11 is 6.15. The third kappa shape index (κ3) is 3.50. The molecule has 1 heterocycles. The summed E-state index contributed by atoms with van der Waals surface area (Å²) in [5.74, 6) is -0.200. The van der Waals surface area contributed by atoms with Crippen LogP contribution in [0.3, 0.4) is 0 Å². The van der Waals surface area contributed by atoms with Crippen molar-refractivity contribution < 1.29 is 9.72 Å². The van der Waals surface area contributed by atoms with E-state index >= 15 is 0 Å². The largest absolute Gasteiger partial charge is 0.337 e. The van der Waals surface area contributed by atoms with Crippen molar-refractivity contribution in [2.24, 2.45) is 0 Å². The van der Waals surface area contributed by atoms with Crippen LogP contribution >= 0.6 is 11.6 Å². The lowest BCUT2D eigenvalue weighted by atomic mass is 10.1. The van der Waals surface area contributed by atoms with Gasteiger partial charge < -0.3 is 4.90 Å². The number of carbonyl (C=O) groups is 1. The van der Waals surface area contributed by atoms with E-state index in [1.54, 1.807) is 13.1 Å². The van der Waals surface area contributed by atoms with Crippen LogP contribution < -0.4 is 0 Å². The number of nitro benzene ring substituents is 1. The molecular weight excluding hydrogens is 354 g/mol. The van der Waals surface area contributed by atoms with Crippen molar-refractivity contribution in [2.45, 2.75) is 13.5 Å². The first-order valence-corrected chi connectivity index (χ1v) is 8.29. The second kappa shape index (κ2) is 7.09. The van der Waals surface area contributed by atoms with E-state index in [0.29, 0.717) is 16.1 Å². The molecule has 0 aliphatic rings. The van der Waals surface area contributed by atoms with Gasteiger partial charge in [0.1, 0.15) is 0 Å². The van der Waals surface area contributed by atoms with Crippen LogP contribution in [0.25, 0.3) is 10.9 Å². The molecule has 0 radical (unpaired) electrons. The number of pyridine rings is 1. The number of aryl methyl sites for hydroxylation is 1. The van der Waals surface area contributed by atoms with Crippen LogP contribution in [0.5, 0.6) is 0 Å². The van der Waals surface area contributed by atoms with Gasteiger partial charge in [-0.1, -0.05) is 29.8 Å². The Morgan fingerprint density at radius 1 is 1.23 bits per heavy atom. The van der Waals surface area contributed by atoms with Crippen molar-refractivity contribution >= 4 is 34.1 Å². The van der Waals surface area contributed by atoms with Crippen molar-refractivity contribution in [3.63, 3.8) is 0 Å². The van der Waals surface area contributed by atoms with Gasteiger partial charge in [-0.3, -0.25) is 19.9 Å². The number of carbonyl (C=O) groups excluding carboxylic acids is 1. The maximum Gasteiger partial charge on any atom is 0.269 e. The quantitative estimate of drug-likeness (QED) is 0.505. The average molecular weight is 370 g/mol. The monoisotopic (exact) mass is 369 g/mol. The molecule has 132 valence electrons. The Balaban J connectivity index is 1.94. The lowest BCUT2D eigenvalue weighted by Crippen LogP contribution is -2.26. The fourth-order valence-corrected chi connectivity index (χ4v) is 2.99. The molecule has 0 unspecified atom stereocenters. The number of halogens is 1. The zero-order valence-electron chi connectivity index (χ0n) is 14.3. The van der Waals surface area contributed by atoms with Gasteiger partial charge in [0.15, 0.2) is 0 Å². The number of amides is 1. The second-order valence-corrected chi connectivity index (χ2v) is 6.43. The maximum absolute atomic E-state index is 13.0. The summed E-state index contributed by atoms with van der Waals surface area (Å²) in [7, 11) is 1.64. The molecule has 0 saturated carbocycles. The number of non-ortho nitro benzene ring substituents is 1. The van der Waals surface area contributed by atoms with Crippen LogP contribution in [0, 0.1) is 17.0 Å². The van der Waals surface area contributed by atoms with E-state index in [-0.39, 0.29) is 18.1 Å². The Kier molecular flexibility index (Phi) is 4.86. The predicted octanol–water partition coefficient (Wildman–Crippen LogP) is 4.38. The first-order valence-electron chi connectivity index (χ1n) is 7.91. The molecule has 1 amide bonds. The summed E-state index contributed by atoms with van der Waals surface area (Å²) in [6.45, 7) is 2.00. The molecule has 2 aromatic carbocycles. The van der Waals surface area contributed by atoms with Crippen LogP contribution in [0.4, 0.5) is 5.69 Å². The number of rotatable bonds is 4. The minimum Gasteiger partial charge on any atom is -0.337 e. The molecule has 0 saturated heterocycles. The summed E-state index contributed by atoms with van der Waals surface area (Å²) in [5.41, 5.74) is 2.49. The molecule has 3 rings (SSSR count). The van der Waals surface area contributed by atoms with Gasteiger partial charge in [-0.25, -0.2) is 0 Å². The van der Waals surface area contributed by atoms with Gasteiger partial charge in [-0.2, -0.15) is 0 Å². The first kappa shape index (κ1) is 17.8.